The Morgan fingerprint density at radius 2 is 2.43 bits per heavy atom. The van der Waals surface area contributed by atoms with Crippen LogP contribution in [-0.2, 0) is 14.3 Å². The maximum atomic E-state index is 11.4. The molecule has 0 saturated carbocycles. The molecule has 0 bridgehead atoms. The molecule has 0 aromatic rings. The SMILES string of the molecule is O=CC1=COC(=O)[C@@H]2C(CO)=CC[C@H]12. The van der Waals surface area contributed by atoms with Crippen LogP contribution in [0, 0.1) is 11.8 Å². The molecule has 1 heterocycles. The Kier molecular flexibility index (Phi) is 2.21. The summed E-state index contributed by atoms with van der Waals surface area (Å²) in [7, 11) is 0. The number of cyclic esters (lactones) is 1. The highest BCUT2D eigenvalue weighted by Crippen LogP contribution is 2.39. The molecule has 2 rings (SSSR count). The van der Waals surface area contributed by atoms with E-state index in [9.17, 15) is 9.59 Å². The van der Waals surface area contributed by atoms with Crippen molar-refractivity contribution in [3.63, 3.8) is 0 Å². The van der Waals surface area contributed by atoms with E-state index in [0.29, 0.717) is 23.9 Å². The number of hydrogen-bond acceptors (Lipinski definition) is 4. The number of aliphatic hydroxyl groups is 1. The Hall–Kier alpha value is -1.42. The second kappa shape index (κ2) is 3.38. The standard InChI is InChI=1S/C10H10O4/c11-3-6-1-2-8-7(4-12)5-14-10(13)9(6)8/h1,4-5,8-9,11H,2-3H2/t8-,9-/m1/s1. The van der Waals surface area contributed by atoms with Gasteiger partial charge in [0.2, 0.25) is 0 Å². The highest BCUT2D eigenvalue weighted by atomic mass is 16.5. The normalized spacial score (nSPS) is 30.2. The molecule has 2 atom stereocenters. The Morgan fingerprint density at radius 1 is 1.64 bits per heavy atom. The van der Waals surface area contributed by atoms with Crippen LogP contribution in [0.1, 0.15) is 6.42 Å². The third-order valence-corrected chi connectivity index (χ3v) is 2.75. The number of carbonyl (C=O) groups excluding carboxylic acids is 2. The van der Waals surface area contributed by atoms with Crippen molar-refractivity contribution in [1.82, 2.24) is 0 Å². The smallest absolute Gasteiger partial charge is 0.318 e. The van der Waals surface area contributed by atoms with Gasteiger partial charge in [0.1, 0.15) is 12.5 Å². The fraction of sp³-hybridized carbons (Fsp3) is 0.400. The maximum absolute atomic E-state index is 11.4. The lowest BCUT2D eigenvalue weighted by molar-refractivity contribution is -0.144. The Bertz CT molecular complexity index is 340. The molecule has 74 valence electrons. The van der Waals surface area contributed by atoms with Crippen LogP contribution >= 0.6 is 0 Å². The average Bonchev–Trinajstić information content (AvgIpc) is 2.63. The molecule has 0 aromatic heterocycles. The number of allylic oxidation sites excluding steroid dienone is 2. The summed E-state index contributed by atoms with van der Waals surface area (Å²) in [5.74, 6) is -0.959. The van der Waals surface area contributed by atoms with Crippen molar-refractivity contribution >= 4 is 12.3 Å². The predicted molar refractivity (Wildman–Crippen MR) is 47.0 cm³/mol. The van der Waals surface area contributed by atoms with Gasteiger partial charge in [0, 0.05) is 11.5 Å². The molecular formula is C10H10O4. The van der Waals surface area contributed by atoms with Crippen LogP contribution in [0.5, 0.6) is 0 Å². The molecule has 2 aliphatic rings. The van der Waals surface area contributed by atoms with Gasteiger partial charge in [0.25, 0.3) is 0 Å². The first-order valence-corrected chi connectivity index (χ1v) is 4.43. The number of carbonyl (C=O) groups is 2. The van der Waals surface area contributed by atoms with Crippen molar-refractivity contribution in [2.75, 3.05) is 6.61 Å². The molecule has 1 N–H and O–H groups in total. The van der Waals surface area contributed by atoms with Crippen molar-refractivity contribution in [1.29, 1.82) is 0 Å². The molecule has 0 unspecified atom stereocenters. The molecule has 0 fully saturated rings. The van der Waals surface area contributed by atoms with Gasteiger partial charge in [-0.15, -0.1) is 0 Å². The molecule has 4 nitrogen and oxygen atoms in total. The van der Waals surface area contributed by atoms with E-state index in [2.05, 4.69) is 0 Å². The molecule has 1 aliphatic heterocycles. The minimum atomic E-state index is -0.454. The van der Waals surface area contributed by atoms with E-state index in [0.717, 1.165) is 0 Å². The fourth-order valence-electron chi connectivity index (χ4n) is 2.01. The van der Waals surface area contributed by atoms with E-state index >= 15 is 0 Å². The van der Waals surface area contributed by atoms with Gasteiger partial charge in [0.15, 0.2) is 0 Å². The molecule has 0 aromatic carbocycles. The number of ether oxygens (including phenoxy) is 1. The predicted octanol–water partition coefficient (Wildman–Crippen LogP) is 0.181. The second-order valence-electron chi connectivity index (χ2n) is 3.43. The molecule has 1 aliphatic carbocycles. The average molecular weight is 194 g/mol. The minimum Gasteiger partial charge on any atom is -0.434 e. The summed E-state index contributed by atoms with van der Waals surface area (Å²) in [6.07, 6.45) is 4.35. The van der Waals surface area contributed by atoms with E-state index in [1.165, 1.54) is 6.26 Å². The summed E-state index contributed by atoms with van der Waals surface area (Å²) in [6.45, 7) is -0.150. The van der Waals surface area contributed by atoms with E-state index in [1.807, 2.05) is 0 Å². The summed E-state index contributed by atoms with van der Waals surface area (Å²) in [4.78, 5) is 22.0. The van der Waals surface area contributed by atoms with Crippen LogP contribution in [0.15, 0.2) is 23.5 Å². The van der Waals surface area contributed by atoms with Crippen molar-refractivity contribution in [3.05, 3.63) is 23.5 Å². The van der Waals surface area contributed by atoms with E-state index in [-0.39, 0.29) is 18.5 Å². The van der Waals surface area contributed by atoms with Crippen molar-refractivity contribution in [2.45, 2.75) is 6.42 Å². The zero-order valence-electron chi connectivity index (χ0n) is 7.47. The summed E-state index contributed by atoms with van der Waals surface area (Å²) in [5, 5.41) is 9.00. The molecule has 14 heavy (non-hydrogen) atoms. The third-order valence-electron chi connectivity index (χ3n) is 2.75. The van der Waals surface area contributed by atoms with Crippen LogP contribution < -0.4 is 0 Å². The first-order valence-electron chi connectivity index (χ1n) is 4.43. The lowest BCUT2D eigenvalue weighted by atomic mass is 9.85. The Balaban J connectivity index is 2.32. The van der Waals surface area contributed by atoms with Gasteiger partial charge in [-0.2, -0.15) is 0 Å². The zero-order valence-corrected chi connectivity index (χ0v) is 7.47. The Labute approximate surface area is 80.9 Å². The van der Waals surface area contributed by atoms with Crippen LogP contribution in [0.2, 0.25) is 0 Å². The van der Waals surface area contributed by atoms with Gasteiger partial charge in [-0.3, -0.25) is 9.59 Å². The molecule has 0 saturated heterocycles. The summed E-state index contributed by atoms with van der Waals surface area (Å²) in [6, 6.07) is 0. The third kappa shape index (κ3) is 1.19. The number of esters is 1. The van der Waals surface area contributed by atoms with Crippen molar-refractivity contribution < 1.29 is 19.4 Å². The monoisotopic (exact) mass is 194 g/mol. The minimum absolute atomic E-state index is 0.129. The topological polar surface area (TPSA) is 63.6 Å². The van der Waals surface area contributed by atoms with Crippen molar-refractivity contribution in [2.24, 2.45) is 11.8 Å². The summed E-state index contributed by atoms with van der Waals surface area (Å²) < 4.78 is 4.74. The number of hydrogen-bond donors (Lipinski definition) is 1. The van der Waals surface area contributed by atoms with Crippen LogP contribution in [0.25, 0.3) is 0 Å². The highest BCUT2D eigenvalue weighted by Gasteiger charge is 2.40. The summed E-state index contributed by atoms with van der Waals surface area (Å²) >= 11 is 0. The number of aliphatic hydroxyl groups excluding tert-OH is 1. The molecule has 0 spiro atoms. The van der Waals surface area contributed by atoms with Gasteiger partial charge < -0.3 is 9.84 Å². The number of aldehydes is 1. The van der Waals surface area contributed by atoms with Gasteiger partial charge in [0.05, 0.1) is 12.5 Å². The number of fused-ring (bicyclic) bond motifs is 1. The van der Waals surface area contributed by atoms with E-state index in [1.54, 1.807) is 6.08 Å². The molecule has 4 heteroatoms. The van der Waals surface area contributed by atoms with E-state index < -0.39 is 5.92 Å². The zero-order chi connectivity index (χ0) is 10.1. The Morgan fingerprint density at radius 3 is 3.07 bits per heavy atom. The first kappa shape index (κ1) is 9.15. The largest absolute Gasteiger partial charge is 0.434 e. The van der Waals surface area contributed by atoms with E-state index in [4.69, 9.17) is 9.84 Å². The second-order valence-corrected chi connectivity index (χ2v) is 3.43. The van der Waals surface area contributed by atoms with Crippen LogP contribution in [0.4, 0.5) is 0 Å². The lowest BCUT2D eigenvalue weighted by Gasteiger charge is -2.24. The first-order chi connectivity index (χ1) is 6.77. The van der Waals surface area contributed by atoms with Gasteiger partial charge in [-0.05, 0) is 12.0 Å². The summed E-state index contributed by atoms with van der Waals surface area (Å²) in [5.41, 5.74) is 1.15. The molecule has 0 amide bonds. The number of rotatable bonds is 2. The lowest BCUT2D eigenvalue weighted by Crippen LogP contribution is -2.29. The molecular weight excluding hydrogens is 184 g/mol. The maximum Gasteiger partial charge on any atom is 0.318 e. The highest BCUT2D eigenvalue weighted by molar-refractivity contribution is 5.85. The van der Waals surface area contributed by atoms with Gasteiger partial charge in [-0.25, -0.2) is 0 Å². The van der Waals surface area contributed by atoms with Gasteiger partial charge >= 0.3 is 5.97 Å². The quantitative estimate of drug-likeness (QED) is 0.387. The van der Waals surface area contributed by atoms with Gasteiger partial charge in [-0.1, -0.05) is 6.08 Å². The van der Waals surface area contributed by atoms with Crippen LogP contribution in [0.3, 0.4) is 0 Å². The van der Waals surface area contributed by atoms with Crippen molar-refractivity contribution in [3.8, 4) is 0 Å². The molecule has 0 radical (unpaired) electrons. The fourth-order valence-corrected chi connectivity index (χ4v) is 2.01. The van der Waals surface area contributed by atoms with Crippen LogP contribution in [-0.4, -0.2) is 24.0 Å².